The van der Waals surface area contributed by atoms with Gasteiger partial charge in [-0.15, -0.1) is 0 Å². The zero-order valence-electron chi connectivity index (χ0n) is 14.6. The van der Waals surface area contributed by atoms with Gasteiger partial charge in [0.05, 0.1) is 0 Å². The van der Waals surface area contributed by atoms with Gasteiger partial charge >= 0.3 is 5.97 Å². The quantitative estimate of drug-likeness (QED) is 0.635. The van der Waals surface area contributed by atoms with Gasteiger partial charge in [-0.3, -0.25) is 9.59 Å². The van der Waals surface area contributed by atoms with Gasteiger partial charge in [-0.05, 0) is 36.2 Å². The van der Waals surface area contributed by atoms with Crippen molar-refractivity contribution in [2.75, 3.05) is 6.54 Å². The minimum Gasteiger partial charge on any atom is -0.480 e. The fraction of sp³-hybridized carbons (Fsp3) is 0.250. The van der Waals surface area contributed by atoms with Gasteiger partial charge in [-0.1, -0.05) is 42.5 Å². The van der Waals surface area contributed by atoms with E-state index in [-0.39, 0.29) is 25.3 Å². The molecule has 26 heavy (non-hydrogen) atoms. The number of carboxylic acids is 1. The summed E-state index contributed by atoms with van der Waals surface area (Å²) in [4.78, 5) is 35.2. The Morgan fingerprint density at radius 1 is 1.12 bits per heavy atom. The number of benzene rings is 2. The molecule has 0 aromatic heterocycles. The van der Waals surface area contributed by atoms with Crippen LogP contribution < -0.4 is 10.6 Å². The van der Waals surface area contributed by atoms with E-state index in [9.17, 15) is 14.4 Å². The number of carboxylic acid groups (broad SMARTS) is 1. The molecule has 0 aliphatic carbocycles. The third kappa shape index (κ3) is 5.44. The van der Waals surface area contributed by atoms with Gasteiger partial charge in [-0.25, -0.2) is 4.79 Å². The van der Waals surface area contributed by atoms with Crippen LogP contribution in [0, 0.1) is 0 Å². The summed E-state index contributed by atoms with van der Waals surface area (Å²) in [5, 5.41) is 16.2. The third-order valence-corrected chi connectivity index (χ3v) is 3.89. The van der Waals surface area contributed by atoms with Crippen molar-refractivity contribution in [3.8, 4) is 0 Å². The average molecular weight is 354 g/mol. The molecule has 1 atom stereocenters. The molecule has 6 heteroatoms. The number of allylic oxidation sites excluding steroid dienone is 1. The van der Waals surface area contributed by atoms with Crippen LogP contribution in [0.3, 0.4) is 0 Å². The zero-order valence-corrected chi connectivity index (χ0v) is 14.6. The Labute approximate surface area is 151 Å². The van der Waals surface area contributed by atoms with E-state index in [1.165, 1.54) is 0 Å². The monoisotopic (exact) mass is 354 g/mol. The molecule has 2 amide bonds. The first-order valence-electron chi connectivity index (χ1n) is 8.41. The average Bonchev–Trinajstić information content (AvgIpc) is 2.64. The Morgan fingerprint density at radius 2 is 1.85 bits per heavy atom. The number of fused-ring (bicyclic) bond motifs is 1. The fourth-order valence-corrected chi connectivity index (χ4v) is 2.48. The zero-order chi connectivity index (χ0) is 18.9. The van der Waals surface area contributed by atoms with Crippen LogP contribution >= 0.6 is 0 Å². The van der Waals surface area contributed by atoms with Crippen molar-refractivity contribution in [1.82, 2.24) is 10.6 Å². The van der Waals surface area contributed by atoms with Crippen molar-refractivity contribution in [1.29, 1.82) is 0 Å². The summed E-state index contributed by atoms with van der Waals surface area (Å²) in [6.45, 7) is 1.91. The van der Waals surface area contributed by atoms with E-state index in [4.69, 9.17) is 5.11 Å². The second kappa shape index (κ2) is 9.36. The van der Waals surface area contributed by atoms with E-state index in [1.54, 1.807) is 31.2 Å². The molecule has 0 aliphatic rings. The Hall–Kier alpha value is -3.15. The van der Waals surface area contributed by atoms with Gasteiger partial charge in [-0.2, -0.15) is 0 Å². The molecule has 3 N–H and O–H groups in total. The van der Waals surface area contributed by atoms with Crippen LogP contribution in [0.5, 0.6) is 0 Å². The van der Waals surface area contributed by atoms with E-state index < -0.39 is 17.9 Å². The van der Waals surface area contributed by atoms with Crippen LogP contribution in [0.25, 0.3) is 10.8 Å². The summed E-state index contributed by atoms with van der Waals surface area (Å²) < 4.78 is 0. The van der Waals surface area contributed by atoms with Crippen molar-refractivity contribution < 1.29 is 19.5 Å². The van der Waals surface area contributed by atoms with Crippen LogP contribution in [-0.4, -0.2) is 35.5 Å². The minimum atomic E-state index is -1.09. The number of amides is 2. The minimum absolute atomic E-state index is 0.0128. The number of rotatable bonds is 8. The molecule has 0 spiro atoms. The number of nitrogens with one attached hydrogen (secondary N) is 2. The standard InChI is InChI=1S/C20H22N2O4/c1-2-3-8-17(20(25)26)22-18(23)11-12-21-19(24)16-10-9-14-6-4-5-7-15(14)13-16/h2-7,9-10,13,17H,8,11-12H2,1H3,(H,21,24)(H,22,23)(H,25,26)/b3-2+. The third-order valence-electron chi connectivity index (χ3n) is 3.89. The maximum atomic E-state index is 12.2. The molecule has 136 valence electrons. The van der Waals surface area contributed by atoms with Gasteiger partial charge in [0, 0.05) is 18.5 Å². The Morgan fingerprint density at radius 3 is 2.54 bits per heavy atom. The molecule has 2 aromatic rings. The molecule has 6 nitrogen and oxygen atoms in total. The highest BCUT2D eigenvalue weighted by molar-refractivity contribution is 5.98. The largest absolute Gasteiger partial charge is 0.480 e. The lowest BCUT2D eigenvalue weighted by Crippen LogP contribution is -2.41. The molecule has 2 aromatic carbocycles. The molecular weight excluding hydrogens is 332 g/mol. The molecule has 0 saturated carbocycles. The molecule has 0 aliphatic heterocycles. The first-order valence-corrected chi connectivity index (χ1v) is 8.41. The summed E-state index contributed by atoms with van der Waals surface area (Å²) >= 11 is 0. The number of hydrogen-bond acceptors (Lipinski definition) is 3. The topological polar surface area (TPSA) is 95.5 Å². The number of hydrogen-bond donors (Lipinski definition) is 3. The fourth-order valence-electron chi connectivity index (χ4n) is 2.48. The molecule has 0 heterocycles. The van der Waals surface area contributed by atoms with Crippen molar-refractivity contribution >= 4 is 28.6 Å². The molecule has 2 rings (SSSR count). The van der Waals surface area contributed by atoms with E-state index in [0.29, 0.717) is 5.56 Å². The lowest BCUT2D eigenvalue weighted by atomic mass is 10.1. The number of aliphatic carboxylic acids is 1. The Bertz CT molecular complexity index is 829. The number of carbonyl (C=O) groups excluding carboxylic acids is 2. The first kappa shape index (κ1) is 19.2. The van der Waals surface area contributed by atoms with E-state index in [0.717, 1.165) is 10.8 Å². The highest BCUT2D eigenvalue weighted by Crippen LogP contribution is 2.15. The van der Waals surface area contributed by atoms with Gasteiger partial charge in [0.1, 0.15) is 6.04 Å². The Balaban J connectivity index is 1.84. The highest BCUT2D eigenvalue weighted by atomic mass is 16.4. The van der Waals surface area contributed by atoms with Crippen molar-refractivity contribution in [3.05, 3.63) is 60.2 Å². The van der Waals surface area contributed by atoms with Crippen LogP contribution in [0.2, 0.25) is 0 Å². The molecule has 1 unspecified atom stereocenters. The lowest BCUT2D eigenvalue weighted by Gasteiger charge is -2.13. The SMILES string of the molecule is C/C=C/CC(NC(=O)CCNC(=O)c1ccc2ccccc2c1)C(=O)O. The summed E-state index contributed by atoms with van der Waals surface area (Å²) in [5.41, 5.74) is 0.514. The van der Waals surface area contributed by atoms with E-state index >= 15 is 0 Å². The summed E-state index contributed by atoms with van der Waals surface area (Å²) in [6, 6.07) is 12.2. The van der Waals surface area contributed by atoms with Crippen LogP contribution in [0.1, 0.15) is 30.1 Å². The van der Waals surface area contributed by atoms with Crippen molar-refractivity contribution in [2.24, 2.45) is 0 Å². The first-order chi connectivity index (χ1) is 12.5. The molecular formula is C20H22N2O4. The molecule has 0 fully saturated rings. The lowest BCUT2D eigenvalue weighted by molar-refractivity contribution is -0.141. The molecule has 0 bridgehead atoms. The predicted octanol–water partition coefficient (Wildman–Crippen LogP) is 2.50. The van der Waals surface area contributed by atoms with Crippen LogP contribution in [0.4, 0.5) is 0 Å². The van der Waals surface area contributed by atoms with Crippen LogP contribution in [-0.2, 0) is 9.59 Å². The summed E-state index contributed by atoms with van der Waals surface area (Å²) in [7, 11) is 0. The summed E-state index contributed by atoms with van der Waals surface area (Å²) in [6.07, 6.45) is 3.65. The van der Waals surface area contributed by atoms with Crippen molar-refractivity contribution in [2.45, 2.75) is 25.8 Å². The van der Waals surface area contributed by atoms with Gasteiger partial charge < -0.3 is 15.7 Å². The van der Waals surface area contributed by atoms with Gasteiger partial charge in [0.15, 0.2) is 0 Å². The molecule has 0 saturated heterocycles. The summed E-state index contributed by atoms with van der Waals surface area (Å²) in [5.74, 6) is -1.77. The van der Waals surface area contributed by atoms with E-state index in [1.807, 2.05) is 30.3 Å². The Kier molecular flexibility index (Phi) is 6.91. The van der Waals surface area contributed by atoms with Crippen molar-refractivity contribution in [3.63, 3.8) is 0 Å². The smallest absolute Gasteiger partial charge is 0.326 e. The second-order valence-electron chi connectivity index (χ2n) is 5.83. The number of carbonyl (C=O) groups is 3. The maximum Gasteiger partial charge on any atom is 0.326 e. The normalized spacial score (nSPS) is 12.0. The van der Waals surface area contributed by atoms with E-state index in [2.05, 4.69) is 10.6 Å². The second-order valence-corrected chi connectivity index (χ2v) is 5.83. The van der Waals surface area contributed by atoms with Gasteiger partial charge in [0.25, 0.3) is 5.91 Å². The van der Waals surface area contributed by atoms with Gasteiger partial charge in [0.2, 0.25) is 5.91 Å². The van der Waals surface area contributed by atoms with Crippen LogP contribution in [0.15, 0.2) is 54.6 Å². The predicted molar refractivity (Wildman–Crippen MR) is 99.9 cm³/mol. The highest BCUT2D eigenvalue weighted by Gasteiger charge is 2.18. The molecule has 0 radical (unpaired) electrons. The maximum absolute atomic E-state index is 12.2.